The van der Waals surface area contributed by atoms with Crippen LogP contribution in [0.2, 0.25) is 0 Å². The highest BCUT2D eigenvalue weighted by Gasteiger charge is 2.14. The molecule has 4 heteroatoms. The monoisotopic (exact) mass is 206 g/mol. The molecule has 1 aromatic heterocycles. The van der Waals surface area contributed by atoms with Gasteiger partial charge in [0.2, 0.25) is 5.95 Å². The van der Waals surface area contributed by atoms with E-state index in [1.807, 2.05) is 6.20 Å². The average Bonchev–Trinajstić information content (AvgIpc) is 2.30. The lowest BCUT2D eigenvalue weighted by Gasteiger charge is -2.26. The summed E-state index contributed by atoms with van der Waals surface area (Å²) in [7, 11) is 0. The number of hydrogen-bond acceptors (Lipinski definition) is 4. The average molecular weight is 206 g/mol. The van der Waals surface area contributed by atoms with Gasteiger partial charge in [0.15, 0.2) is 0 Å². The van der Waals surface area contributed by atoms with Crippen LogP contribution in [-0.2, 0) is 6.42 Å². The zero-order valence-corrected chi connectivity index (χ0v) is 9.24. The van der Waals surface area contributed by atoms with E-state index in [9.17, 15) is 0 Å². The molecule has 2 N–H and O–H groups in total. The number of rotatable bonds is 2. The first-order valence-electron chi connectivity index (χ1n) is 5.67. The summed E-state index contributed by atoms with van der Waals surface area (Å²) in [5.74, 6) is 1.43. The van der Waals surface area contributed by atoms with Crippen LogP contribution in [0.25, 0.3) is 0 Å². The minimum atomic E-state index is 0.632. The molecule has 0 radical (unpaired) electrons. The zero-order chi connectivity index (χ0) is 10.7. The number of nitrogens with zero attached hydrogens (tertiary/aromatic N) is 3. The van der Waals surface area contributed by atoms with E-state index in [-0.39, 0.29) is 0 Å². The van der Waals surface area contributed by atoms with Crippen LogP contribution in [-0.4, -0.2) is 23.1 Å². The predicted octanol–water partition coefficient (Wildman–Crippen LogP) is 1.61. The van der Waals surface area contributed by atoms with Crippen molar-refractivity contribution in [2.75, 3.05) is 23.7 Å². The number of nitrogen functional groups attached to an aromatic ring is 1. The lowest BCUT2D eigenvalue weighted by atomic mass is 10.1. The molecule has 0 amide bonds. The molecule has 1 aliphatic heterocycles. The molecule has 1 aliphatic rings. The number of nitrogens with two attached hydrogens (primary N) is 1. The van der Waals surface area contributed by atoms with Crippen molar-refractivity contribution >= 4 is 11.8 Å². The highest BCUT2D eigenvalue weighted by atomic mass is 15.3. The summed E-state index contributed by atoms with van der Waals surface area (Å²) in [6.07, 6.45) is 6.54. The van der Waals surface area contributed by atoms with Crippen molar-refractivity contribution in [2.24, 2.45) is 0 Å². The molecule has 4 nitrogen and oxygen atoms in total. The minimum absolute atomic E-state index is 0.632. The van der Waals surface area contributed by atoms with Crippen molar-refractivity contribution in [2.45, 2.75) is 32.6 Å². The van der Waals surface area contributed by atoms with Crippen LogP contribution in [0.15, 0.2) is 6.20 Å². The Morgan fingerprint density at radius 1 is 1.33 bits per heavy atom. The third kappa shape index (κ3) is 2.19. The van der Waals surface area contributed by atoms with E-state index in [4.69, 9.17) is 5.73 Å². The summed E-state index contributed by atoms with van der Waals surface area (Å²) in [6.45, 7) is 4.19. The van der Waals surface area contributed by atoms with Gasteiger partial charge in [0.05, 0.1) is 0 Å². The molecule has 2 rings (SSSR count). The van der Waals surface area contributed by atoms with E-state index < -0.39 is 0 Å². The maximum Gasteiger partial charge on any atom is 0.227 e. The molecule has 82 valence electrons. The first-order chi connectivity index (χ1) is 7.31. The second kappa shape index (κ2) is 4.47. The van der Waals surface area contributed by atoms with Gasteiger partial charge in [-0.15, -0.1) is 0 Å². The van der Waals surface area contributed by atoms with Crippen LogP contribution in [0.5, 0.6) is 0 Å². The van der Waals surface area contributed by atoms with E-state index >= 15 is 0 Å². The van der Waals surface area contributed by atoms with Crippen LogP contribution < -0.4 is 10.6 Å². The highest BCUT2D eigenvalue weighted by molar-refractivity contribution is 5.44. The molecule has 0 aromatic carbocycles. The summed E-state index contributed by atoms with van der Waals surface area (Å²) in [5.41, 5.74) is 6.90. The van der Waals surface area contributed by atoms with Crippen molar-refractivity contribution in [3.8, 4) is 0 Å². The van der Waals surface area contributed by atoms with E-state index in [0.29, 0.717) is 5.82 Å². The van der Waals surface area contributed by atoms with Crippen molar-refractivity contribution in [1.82, 2.24) is 9.97 Å². The molecule has 0 atom stereocenters. The van der Waals surface area contributed by atoms with Crippen LogP contribution >= 0.6 is 0 Å². The lowest BCUT2D eigenvalue weighted by molar-refractivity contribution is 0.568. The Balaban J connectivity index is 2.17. The van der Waals surface area contributed by atoms with Crippen LogP contribution in [0.1, 0.15) is 31.7 Å². The van der Waals surface area contributed by atoms with E-state index in [1.165, 1.54) is 19.3 Å². The zero-order valence-electron chi connectivity index (χ0n) is 9.24. The smallest absolute Gasteiger partial charge is 0.227 e. The molecule has 1 aromatic rings. The predicted molar refractivity (Wildman–Crippen MR) is 61.9 cm³/mol. The Labute approximate surface area is 90.5 Å². The van der Waals surface area contributed by atoms with Gasteiger partial charge in [0.1, 0.15) is 5.82 Å². The molecule has 2 heterocycles. The quantitative estimate of drug-likeness (QED) is 0.798. The molecule has 15 heavy (non-hydrogen) atoms. The molecular formula is C11H18N4. The van der Waals surface area contributed by atoms with Gasteiger partial charge < -0.3 is 10.6 Å². The third-order valence-corrected chi connectivity index (χ3v) is 2.91. The summed E-state index contributed by atoms with van der Waals surface area (Å²) in [5, 5.41) is 0. The summed E-state index contributed by atoms with van der Waals surface area (Å²) < 4.78 is 0. The summed E-state index contributed by atoms with van der Waals surface area (Å²) >= 11 is 0. The maximum atomic E-state index is 5.86. The van der Waals surface area contributed by atoms with Crippen molar-refractivity contribution in [3.05, 3.63) is 11.8 Å². The van der Waals surface area contributed by atoms with Crippen molar-refractivity contribution < 1.29 is 0 Å². The standard InChI is InChI=1S/C11H18N4/c1-2-9-8-13-11(14-10(9)12)15-6-4-3-5-7-15/h8H,2-7H2,1H3,(H2,12,13,14). The Bertz CT molecular complexity index is 331. The SMILES string of the molecule is CCc1cnc(N2CCCCC2)nc1N. The second-order valence-corrected chi connectivity index (χ2v) is 3.98. The number of anilines is 2. The van der Waals surface area contributed by atoms with Gasteiger partial charge in [0, 0.05) is 24.8 Å². The second-order valence-electron chi connectivity index (χ2n) is 3.98. The molecule has 0 unspecified atom stereocenters. The Morgan fingerprint density at radius 2 is 2.07 bits per heavy atom. The van der Waals surface area contributed by atoms with Gasteiger partial charge >= 0.3 is 0 Å². The number of aromatic nitrogens is 2. The number of piperidine rings is 1. The largest absolute Gasteiger partial charge is 0.383 e. The Kier molecular flexibility index (Phi) is 3.04. The van der Waals surface area contributed by atoms with Crippen LogP contribution in [0, 0.1) is 0 Å². The van der Waals surface area contributed by atoms with Gasteiger partial charge in [0.25, 0.3) is 0 Å². The van der Waals surface area contributed by atoms with Gasteiger partial charge in [-0.1, -0.05) is 6.92 Å². The molecule has 0 aliphatic carbocycles. The van der Waals surface area contributed by atoms with Crippen molar-refractivity contribution in [3.63, 3.8) is 0 Å². The lowest BCUT2D eigenvalue weighted by Crippen LogP contribution is -2.31. The van der Waals surface area contributed by atoms with E-state index in [0.717, 1.165) is 31.0 Å². The van der Waals surface area contributed by atoms with E-state index in [1.54, 1.807) is 0 Å². The summed E-state index contributed by atoms with van der Waals surface area (Å²) in [4.78, 5) is 11.0. The fraction of sp³-hybridized carbons (Fsp3) is 0.636. The third-order valence-electron chi connectivity index (χ3n) is 2.91. The molecule has 0 saturated carbocycles. The van der Waals surface area contributed by atoms with Crippen LogP contribution in [0.4, 0.5) is 11.8 Å². The molecular weight excluding hydrogens is 188 g/mol. The highest BCUT2D eigenvalue weighted by Crippen LogP contribution is 2.18. The molecule has 1 fully saturated rings. The van der Waals surface area contributed by atoms with E-state index in [2.05, 4.69) is 21.8 Å². The van der Waals surface area contributed by atoms with Gasteiger partial charge in [-0.2, -0.15) is 4.98 Å². The summed E-state index contributed by atoms with van der Waals surface area (Å²) in [6, 6.07) is 0. The van der Waals surface area contributed by atoms with Gasteiger partial charge in [-0.05, 0) is 25.7 Å². The molecule has 1 saturated heterocycles. The maximum absolute atomic E-state index is 5.86. The Morgan fingerprint density at radius 3 is 2.67 bits per heavy atom. The number of aryl methyl sites for hydroxylation is 1. The fourth-order valence-corrected chi connectivity index (χ4v) is 1.93. The van der Waals surface area contributed by atoms with Gasteiger partial charge in [-0.3, -0.25) is 0 Å². The first kappa shape index (κ1) is 10.2. The number of hydrogen-bond donors (Lipinski definition) is 1. The van der Waals surface area contributed by atoms with Crippen LogP contribution in [0.3, 0.4) is 0 Å². The van der Waals surface area contributed by atoms with Gasteiger partial charge in [-0.25, -0.2) is 4.98 Å². The van der Waals surface area contributed by atoms with Crippen molar-refractivity contribution in [1.29, 1.82) is 0 Å². The first-order valence-corrected chi connectivity index (χ1v) is 5.67. The Hall–Kier alpha value is -1.32. The fourth-order valence-electron chi connectivity index (χ4n) is 1.93. The minimum Gasteiger partial charge on any atom is -0.383 e. The normalized spacial score (nSPS) is 16.7. The molecule has 0 bridgehead atoms. The topological polar surface area (TPSA) is 55.0 Å². The molecule has 0 spiro atoms.